The Bertz CT molecular complexity index is 742. The van der Waals surface area contributed by atoms with Crippen LogP contribution in [0.1, 0.15) is 29.4 Å². The van der Waals surface area contributed by atoms with Gasteiger partial charge in [0, 0.05) is 11.4 Å². The van der Waals surface area contributed by atoms with Crippen LogP contribution in [0, 0.1) is 27.7 Å². The molecule has 0 unspecified atom stereocenters. The van der Waals surface area contributed by atoms with Crippen molar-refractivity contribution in [1.82, 2.24) is 9.78 Å². The molecule has 1 aromatic heterocycles. The lowest BCUT2D eigenvalue weighted by Gasteiger charge is -2.11. The molecule has 0 fully saturated rings. The Morgan fingerprint density at radius 1 is 1.25 bits per heavy atom. The second-order valence-electron chi connectivity index (χ2n) is 6.00. The lowest BCUT2D eigenvalue weighted by atomic mass is 10.1. The van der Waals surface area contributed by atoms with Crippen LogP contribution in [-0.4, -0.2) is 28.0 Å². The van der Waals surface area contributed by atoms with E-state index >= 15 is 0 Å². The summed E-state index contributed by atoms with van der Waals surface area (Å²) in [5.41, 5.74) is 5.65. The number of amides is 1. The first-order chi connectivity index (χ1) is 11.4. The molecule has 0 aliphatic carbocycles. The third-order valence-corrected chi connectivity index (χ3v) is 3.64. The number of aromatic nitrogens is 2. The van der Waals surface area contributed by atoms with Crippen LogP contribution in [0.2, 0.25) is 0 Å². The molecule has 0 atom stereocenters. The number of hydrogen-bond donors (Lipinski definition) is 1. The zero-order valence-corrected chi connectivity index (χ0v) is 14.9. The smallest absolute Gasteiger partial charge is 0.265 e. The Labute approximate surface area is 142 Å². The molecule has 2 aromatic rings. The number of hydrogen-bond acceptors (Lipinski definition) is 4. The van der Waals surface area contributed by atoms with E-state index in [9.17, 15) is 4.79 Å². The van der Waals surface area contributed by atoms with Gasteiger partial charge in [-0.25, -0.2) is 0 Å². The molecule has 1 N–H and O–H groups in total. The zero-order valence-electron chi connectivity index (χ0n) is 14.9. The molecule has 2 rings (SSSR count). The van der Waals surface area contributed by atoms with Gasteiger partial charge in [0.15, 0.2) is 6.61 Å². The predicted octanol–water partition coefficient (Wildman–Crippen LogP) is 3.15. The van der Waals surface area contributed by atoms with Crippen LogP contribution < -0.4 is 5.32 Å². The van der Waals surface area contributed by atoms with Crippen molar-refractivity contribution in [2.75, 3.05) is 11.9 Å². The fourth-order valence-corrected chi connectivity index (χ4v) is 2.47. The van der Waals surface area contributed by atoms with Crippen molar-refractivity contribution in [3.63, 3.8) is 0 Å². The van der Waals surface area contributed by atoms with Gasteiger partial charge >= 0.3 is 0 Å². The van der Waals surface area contributed by atoms with Gasteiger partial charge in [0.05, 0.1) is 18.0 Å². The summed E-state index contributed by atoms with van der Waals surface area (Å²) in [7, 11) is 0. The molecule has 0 radical (unpaired) electrons. The van der Waals surface area contributed by atoms with Gasteiger partial charge in [-0.3, -0.25) is 9.48 Å². The highest BCUT2D eigenvalue weighted by molar-refractivity contribution is 5.93. The topological polar surface area (TPSA) is 68.5 Å². The minimum absolute atomic E-state index is 0.123. The summed E-state index contributed by atoms with van der Waals surface area (Å²) in [6.45, 7) is 10.1. The maximum absolute atomic E-state index is 12.0. The number of aryl methyl sites for hydroxylation is 4. The summed E-state index contributed by atoms with van der Waals surface area (Å²) in [6, 6.07) is 7.88. The number of carbonyl (C=O) groups is 1. The van der Waals surface area contributed by atoms with Gasteiger partial charge in [0.25, 0.3) is 5.91 Å². The summed E-state index contributed by atoms with van der Waals surface area (Å²) in [4.78, 5) is 17.2. The monoisotopic (exact) mass is 328 g/mol. The van der Waals surface area contributed by atoms with E-state index in [0.717, 1.165) is 33.9 Å². The highest BCUT2D eigenvalue weighted by Gasteiger charge is 2.08. The normalized spacial score (nSPS) is 11.5. The second kappa shape index (κ2) is 7.77. The van der Waals surface area contributed by atoms with Crippen molar-refractivity contribution < 1.29 is 9.63 Å². The van der Waals surface area contributed by atoms with Crippen LogP contribution in [0.3, 0.4) is 0 Å². The Balaban J connectivity index is 1.86. The summed E-state index contributed by atoms with van der Waals surface area (Å²) < 4.78 is 1.86. The molecule has 1 heterocycles. The molecule has 24 heavy (non-hydrogen) atoms. The Hall–Kier alpha value is -2.63. The summed E-state index contributed by atoms with van der Waals surface area (Å²) in [6.07, 6.45) is 0. The van der Waals surface area contributed by atoms with Crippen LogP contribution in [0.5, 0.6) is 0 Å². The lowest BCUT2D eigenvalue weighted by Crippen LogP contribution is -2.19. The number of nitrogens with zero attached hydrogens (tertiary/aromatic N) is 3. The molecule has 0 aliphatic rings. The van der Waals surface area contributed by atoms with Crippen LogP contribution in [0.25, 0.3) is 0 Å². The van der Waals surface area contributed by atoms with Crippen LogP contribution in [0.4, 0.5) is 5.69 Å². The van der Waals surface area contributed by atoms with Gasteiger partial charge < -0.3 is 10.2 Å². The maximum atomic E-state index is 12.0. The van der Waals surface area contributed by atoms with Crippen LogP contribution in [0.15, 0.2) is 29.4 Å². The third kappa shape index (κ3) is 4.68. The minimum atomic E-state index is -0.227. The summed E-state index contributed by atoms with van der Waals surface area (Å²) >= 11 is 0. The number of anilines is 1. The van der Waals surface area contributed by atoms with E-state index in [0.29, 0.717) is 6.54 Å². The molecular formula is C18H24N4O2. The predicted molar refractivity (Wildman–Crippen MR) is 95.3 cm³/mol. The maximum Gasteiger partial charge on any atom is 0.265 e. The summed E-state index contributed by atoms with van der Waals surface area (Å²) in [5, 5.41) is 11.2. The minimum Gasteiger partial charge on any atom is -0.386 e. The first-order valence-electron chi connectivity index (χ1n) is 7.89. The van der Waals surface area contributed by atoms with Crippen molar-refractivity contribution in [2.45, 2.75) is 41.2 Å². The largest absolute Gasteiger partial charge is 0.386 e. The Kier molecular flexibility index (Phi) is 5.73. The Morgan fingerprint density at radius 3 is 2.50 bits per heavy atom. The highest BCUT2D eigenvalue weighted by Crippen LogP contribution is 2.19. The molecule has 6 nitrogen and oxygen atoms in total. The number of para-hydroxylation sites is 1. The van der Waals surface area contributed by atoms with Crippen molar-refractivity contribution in [2.24, 2.45) is 5.16 Å². The highest BCUT2D eigenvalue weighted by atomic mass is 16.6. The second-order valence-corrected chi connectivity index (χ2v) is 6.00. The average Bonchev–Trinajstić information content (AvgIpc) is 2.81. The molecular weight excluding hydrogens is 304 g/mol. The quantitative estimate of drug-likeness (QED) is 0.654. The molecule has 6 heteroatoms. The van der Waals surface area contributed by atoms with E-state index in [-0.39, 0.29) is 12.5 Å². The number of nitrogens with one attached hydrogen (secondary N) is 1. The molecule has 1 amide bonds. The zero-order chi connectivity index (χ0) is 17.7. The van der Waals surface area contributed by atoms with E-state index in [1.807, 2.05) is 63.6 Å². The van der Waals surface area contributed by atoms with Crippen LogP contribution >= 0.6 is 0 Å². The van der Waals surface area contributed by atoms with Gasteiger partial charge in [0.1, 0.15) is 0 Å². The van der Waals surface area contributed by atoms with Gasteiger partial charge in [-0.05, 0) is 51.8 Å². The van der Waals surface area contributed by atoms with Gasteiger partial charge in [-0.2, -0.15) is 5.10 Å². The lowest BCUT2D eigenvalue weighted by molar-refractivity contribution is -0.120. The van der Waals surface area contributed by atoms with Gasteiger partial charge in [-0.1, -0.05) is 23.4 Å². The first kappa shape index (κ1) is 17.7. The molecule has 128 valence electrons. The molecule has 0 saturated heterocycles. The van der Waals surface area contributed by atoms with Crippen molar-refractivity contribution in [1.29, 1.82) is 0 Å². The van der Waals surface area contributed by atoms with Crippen molar-refractivity contribution in [3.05, 3.63) is 46.8 Å². The average molecular weight is 328 g/mol. The molecule has 1 aromatic carbocycles. The SMILES string of the molecule is CC(Cn1nc(C)cc1C)=NOCC(=O)Nc1c(C)cccc1C. The Morgan fingerprint density at radius 2 is 1.92 bits per heavy atom. The molecule has 0 aliphatic heterocycles. The number of rotatable bonds is 6. The van der Waals surface area contributed by atoms with Gasteiger partial charge in [-0.15, -0.1) is 0 Å². The van der Waals surface area contributed by atoms with E-state index in [2.05, 4.69) is 15.6 Å². The van der Waals surface area contributed by atoms with E-state index in [1.54, 1.807) is 0 Å². The number of benzene rings is 1. The third-order valence-electron chi connectivity index (χ3n) is 3.64. The van der Waals surface area contributed by atoms with Crippen LogP contribution in [-0.2, 0) is 16.2 Å². The number of carbonyl (C=O) groups excluding carboxylic acids is 1. The van der Waals surface area contributed by atoms with Gasteiger partial charge in [0.2, 0.25) is 0 Å². The van der Waals surface area contributed by atoms with Crippen molar-refractivity contribution >= 4 is 17.3 Å². The fraction of sp³-hybridized carbons (Fsp3) is 0.389. The molecule has 0 bridgehead atoms. The van der Waals surface area contributed by atoms with E-state index in [4.69, 9.17) is 4.84 Å². The summed E-state index contributed by atoms with van der Waals surface area (Å²) in [5.74, 6) is -0.227. The first-order valence-corrected chi connectivity index (χ1v) is 7.89. The molecule has 0 spiro atoms. The molecule has 0 saturated carbocycles. The van der Waals surface area contributed by atoms with E-state index in [1.165, 1.54) is 0 Å². The fourth-order valence-electron chi connectivity index (χ4n) is 2.47. The van der Waals surface area contributed by atoms with Crippen molar-refractivity contribution in [3.8, 4) is 0 Å². The van der Waals surface area contributed by atoms with E-state index < -0.39 is 0 Å². The standard InChI is InChI=1S/C18H24N4O2/c1-12-7-6-8-13(2)18(12)19-17(23)11-24-21-15(4)10-22-16(5)9-14(3)20-22/h6-9H,10-11H2,1-5H3,(H,19,23). The number of oxime groups is 1.